The lowest BCUT2D eigenvalue weighted by molar-refractivity contribution is 0.102. The summed E-state index contributed by atoms with van der Waals surface area (Å²) in [7, 11) is 0. The lowest BCUT2D eigenvalue weighted by Crippen LogP contribution is -2.12. The Labute approximate surface area is 130 Å². The molecule has 3 aromatic rings. The largest absolute Gasteiger partial charge is 0.508 e. The van der Waals surface area contributed by atoms with Gasteiger partial charge in [0.25, 0.3) is 5.91 Å². The van der Waals surface area contributed by atoms with Crippen LogP contribution in [-0.2, 0) is 0 Å². The second kappa shape index (κ2) is 5.58. The number of carbonyl (C=O) groups is 1. The van der Waals surface area contributed by atoms with Gasteiger partial charge in [-0.2, -0.15) is 0 Å². The zero-order chi connectivity index (χ0) is 14.8. The predicted octanol–water partition coefficient (Wildman–Crippen LogP) is 4.56. The Morgan fingerprint density at radius 1 is 0.952 bits per heavy atom. The second-order valence-electron chi connectivity index (χ2n) is 4.68. The molecule has 104 valence electrons. The minimum atomic E-state index is -0.170. The van der Waals surface area contributed by atoms with E-state index < -0.39 is 0 Å². The van der Waals surface area contributed by atoms with Crippen molar-refractivity contribution >= 4 is 38.3 Å². The number of fused-ring (bicyclic) bond motifs is 1. The van der Waals surface area contributed by atoms with Crippen molar-refractivity contribution in [3.8, 4) is 5.75 Å². The van der Waals surface area contributed by atoms with Gasteiger partial charge in [0.15, 0.2) is 0 Å². The van der Waals surface area contributed by atoms with Crippen LogP contribution in [0.4, 0.5) is 5.69 Å². The molecular weight excluding hydrogens is 330 g/mol. The first kappa shape index (κ1) is 13.6. The number of rotatable bonds is 2. The molecule has 3 rings (SSSR count). The Morgan fingerprint density at radius 2 is 1.67 bits per heavy atom. The molecule has 0 bridgehead atoms. The summed E-state index contributed by atoms with van der Waals surface area (Å²) in [5.74, 6) is 0.0461. The highest BCUT2D eigenvalue weighted by Gasteiger charge is 2.08. The molecule has 0 aromatic heterocycles. The van der Waals surface area contributed by atoms with Crippen LogP contribution in [0.5, 0.6) is 5.75 Å². The number of phenolic OH excluding ortho intramolecular Hbond substituents is 1. The predicted molar refractivity (Wildman–Crippen MR) is 87.7 cm³/mol. The van der Waals surface area contributed by atoms with Gasteiger partial charge in [-0.3, -0.25) is 4.79 Å². The van der Waals surface area contributed by atoms with E-state index in [1.54, 1.807) is 30.3 Å². The summed E-state index contributed by atoms with van der Waals surface area (Å²) in [6.45, 7) is 0. The normalized spacial score (nSPS) is 10.5. The molecule has 0 saturated heterocycles. The molecular formula is C17H12BrNO2. The van der Waals surface area contributed by atoms with E-state index in [4.69, 9.17) is 0 Å². The molecule has 0 fully saturated rings. The average molecular weight is 342 g/mol. The Kier molecular flexibility index (Phi) is 3.62. The molecule has 0 spiro atoms. The number of hydrogen-bond acceptors (Lipinski definition) is 2. The number of hydrogen-bond donors (Lipinski definition) is 2. The van der Waals surface area contributed by atoms with E-state index in [0.717, 1.165) is 20.9 Å². The van der Waals surface area contributed by atoms with Gasteiger partial charge in [0.05, 0.1) is 5.69 Å². The molecule has 3 aromatic carbocycles. The van der Waals surface area contributed by atoms with Crippen molar-refractivity contribution in [3.05, 3.63) is 70.7 Å². The van der Waals surface area contributed by atoms with Crippen LogP contribution in [0, 0.1) is 0 Å². The van der Waals surface area contributed by atoms with Crippen molar-refractivity contribution in [2.24, 2.45) is 0 Å². The van der Waals surface area contributed by atoms with Gasteiger partial charge in [-0.05, 0) is 63.1 Å². The van der Waals surface area contributed by atoms with Crippen LogP contribution < -0.4 is 5.32 Å². The van der Waals surface area contributed by atoms with Gasteiger partial charge < -0.3 is 10.4 Å². The number of amides is 1. The van der Waals surface area contributed by atoms with Crippen LogP contribution in [0.3, 0.4) is 0 Å². The van der Waals surface area contributed by atoms with Crippen LogP contribution in [0.1, 0.15) is 10.4 Å². The molecule has 0 aliphatic heterocycles. The van der Waals surface area contributed by atoms with E-state index in [0.29, 0.717) is 5.56 Å². The lowest BCUT2D eigenvalue weighted by atomic mass is 10.1. The summed E-state index contributed by atoms with van der Waals surface area (Å²) in [5, 5.41) is 14.1. The van der Waals surface area contributed by atoms with Crippen LogP contribution >= 0.6 is 15.9 Å². The molecule has 4 heteroatoms. The number of aromatic hydroxyl groups is 1. The molecule has 3 nitrogen and oxygen atoms in total. The Bertz CT molecular complexity index is 830. The molecule has 0 radical (unpaired) electrons. The number of benzene rings is 3. The first-order valence-electron chi connectivity index (χ1n) is 6.42. The lowest BCUT2D eigenvalue weighted by Gasteiger charge is -2.08. The number of nitrogens with one attached hydrogen (secondary N) is 1. The fraction of sp³-hybridized carbons (Fsp3) is 0. The van der Waals surface area contributed by atoms with Crippen molar-refractivity contribution in [3.63, 3.8) is 0 Å². The highest BCUT2D eigenvalue weighted by Crippen LogP contribution is 2.24. The molecule has 0 aliphatic rings. The number of para-hydroxylation sites is 1. The van der Waals surface area contributed by atoms with Gasteiger partial charge >= 0.3 is 0 Å². The average Bonchev–Trinajstić information content (AvgIpc) is 2.49. The van der Waals surface area contributed by atoms with E-state index in [2.05, 4.69) is 21.2 Å². The minimum Gasteiger partial charge on any atom is -0.508 e. The third-order valence-electron chi connectivity index (χ3n) is 3.21. The molecule has 0 atom stereocenters. The summed E-state index contributed by atoms with van der Waals surface area (Å²) in [4.78, 5) is 12.3. The third-order valence-corrected chi connectivity index (χ3v) is 3.90. The highest BCUT2D eigenvalue weighted by atomic mass is 79.9. The summed E-state index contributed by atoms with van der Waals surface area (Å²) < 4.78 is 0.837. The summed E-state index contributed by atoms with van der Waals surface area (Å²) in [6.07, 6.45) is 0. The standard InChI is InChI=1S/C17H12BrNO2/c18-15-3-1-2-4-16(15)19-17(21)13-6-5-12-10-14(20)8-7-11(12)9-13/h1-10,20H,(H,19,21). The summed E-state index contributed by atoms with van der Waals surface area (Å²) in [6, 6.07) is 17.9. The third kappa shape index (κ3) is 2.90. The van der Waals surface area contributed by atoms with Gasteiger partial charge in [-0.25, -0.2) is 0 Å². The van der Waals surface area contributed by atoms with Crippen LogP contribution in [-0.4, -0.2) is 11.0 Å². The van der Waals surface area contributed by atoms with Crippen LogP contribution in [0.25, 0.3) is 10.8 Å². The number of phenols is 1. The quantitative estimate of drug-likeness (QED) is 0.717. The van der Waals surface area contributed by atoms with Gasteiger partial charge in [-0.15, -0.1) is 0 Å². The molecule has 0 aliphatic carbocycles. The highest BCUT2D eigenvalue weighted by molar-refractivity contribution is 9.10. The first-order chi connectivity index (χ1) is 10.1. The number of carbonyl (C=O) groups excluding carboxylic acids is 1. The van der Waals surface area contributed by atoms with Gasteiger partial charge in [0, 0.05) is 10.0 Å². The maximum absolute atomic E-state index is 12.3. The van der Waals surface area contributed by atoms with E-state index in [1.807, 2.05) is 30.3 Å². The van der Waals surface area contributed by atoms with E-state index >= 15 is 0 Å². The summed E-state index contributed by atoms with van der Waals surface area (Å²) in [5.41, 5.74) is 1.30. The van der Waals surface area contributed by atoms with Crippen molar-refractivity contribution in [2.45, 2.75) is 0 Å². The molecule has 21 heavy (non-hydrogen) atoms. The number of halogens is 1. The van der Waals surface area contributed by atoms with Crippen molar-refractivity contribution in [1.82, 2.24) is 0 Å². The Balaban J connectivity index is 1.91. The molecule has 0 saturated carbocycles. The maximum atomic E-state index is 12.3. The Morgan fingerprint density at radius 3 is 2.48 bits per heavy atom. The molecule has 2 N–H and O–H groups in total. The monoisotopic (exact) mass is 341 g/mol. The van der Waals surface area contributed by atoms with Crippen LogP contribution in [0.15, 0.2) is 65.1 Å². The molecule has 0 unspecified atom stereocenters. The first-order valence-corrected chi connectivity index (χ1v) is 7.21. The SMILES string of the molecule is O=C(Nc1ccccc1Br)c1ccc2cc(O)ccc2c1. The van der Waals surface area contributed by atoms with Crippen molar-refractivity contribution in [2.75, 3.05) is 5.32 Å². The zero-order valence-electron chi connectivity index (χ0n) is 11.0. The summed E-state index contributed by atoms with van der Waals surface area (Å²) >= 11 is 3.40. The molecule has 1 amide bonds. The van der Waals surface area contributed by atoms with Crippen molar-refractivity contribution in [1.29, 1.82) is 0 Å². The van der Waals surface area contributed by atoms with Crippen LogP contribution in [0.2, 0.25) is 0 Å². The van der Waals surface area contributed by atoms with Gasteiger partial charge in [0.2, 0.25) is 0 Å². The van der Waals surface area contributed by atoms with Crippen molar-refractivity contribution < 1.29 is 9.90 Å². The van der Waals surface area contributed by atoms with Gasteiger partial charge in [-0.1, -0.05) is 24.3 Å². The maximum Gasteiger partial charge on any atom is 0.255 e. The minimum absolute atomic E-state index is 0.170. The van der Waals surface area contributed by atoms with E-state index in [9.17, 15) is 9.90 Å². The fourth-order valence-electron chi connectivity index (χ4n) is 2.13. The zero-order valence-corrected chi connectivity index (χ0v) is 12.6. The second-order valence-corrected chi connectivity index (χ2v) is 5.53. The molecule has 0 heterocycles. The number of anilines is 1. The van der Waals surface area contributed by atoms with Gasteiger partial charge in [0.1, 0.15) is 5.75 Å². The Hall–Kier alpha value is -2.33. The topological polar surface area (TPSA) is 49.3 Å². The van der Waals surface area contributed by atoms with E-state index in [-0.39, 0.29) is 11.7 Å². The fourth-order valence-corrected chi connectivity index (χ4v) is 2.52. The smallest absolute Gasteiger partial charge is 0.255 e. The van der Waals surface area contributed by atoms with E-state index in [1.165, 1.54) is 0 Å².